The maximum Gasteiger partial charge on any atom is 0.0788 e. The molecule has 0 spiro atoms. The highest BCUT2D eigenvalue weighted by Crippen LogP contribution is 2.41. The summed E-state index contributed by atoms with van der Waals surface area (Å²) in [4.78, 5) is 2.49. The molecule has 2 aliphatic rings. The molecular formula is C20H27NO. The van der Waals surface area contributed by atoms with Crippen molar-refractivity contribution >= 4 is 0 Å². The van der Waals surface area contributed by atoms with Gasteiger partial charge in [-0.3, -0.25) is 4.90 Å². The van der Waals surface area contributed by atoms with E-state index in [1.54, 1.807) is 0 Å². The van der Waals surface area contributed by atoms with Gasteiger partial charge in [-0.15, -0.1) is 0 Å². The molecule has 22 heavy (non-hydrogen) atoms. The van der Waals surface area contributed by atoms with Gasteiger partial charge in [0.1, 0.15) is 0 Å². The Morgan fingerprint density at radius 1 is 1.09 bits per heavy atom. The normalized spacial score (nSPS) is 35.7. The largest absolute Gasteiger partial charge is 0.389 e. The molecule has 2 nitrogen and oxygen atoms in total. The summed E-state index contributed by atoms with van der Waals surface area (Å²) in [5.41, 5.74) is 0.766. The fourth-order valence-electron chi connectivity index (χ4n) is 4.25. The summed E-state index contributed by atoms with van der Waals surface area (Å²) in [5, 5.41) is 11.4. The van der Waals surface area contributed by atoms with Crippen molar-refractivity contribution in [2.75, 3.05) is 13.1 Å². The van der Waals surface area contributed by atoms with Crippen molar-refractivity contribution in [3.05, 3.63) is 60.2 Å². The van der Waals surface area contributed by atoms with Crippen LogP contribution in [0.2, 0.25) is 0 Å². The summed E-state index contributed by atoms with van der Waals surface area (Å²) in [6.45, 7) is 7.32. The Morgan fingerprint density at radius 2 is 1.77 bits per heavy atom. The first-order valence-corrected chi connectivity index (χ1v) is 8.42. The predicted octanol–water partition coefficient (Wildman–Crippen LogP) is 3.64. The van der Waals surface area contributed by atoms with Gasteiger partial charge in [-0.1, -0.05) is 68.5 Å². The molecule has 0 bridgehead atoms. The van der Waals surface area contributed by atoms with E-state index in [0.29, 0.717) is 0 Å². The van der Waals surface area contributed by atoms with E-state index in [9.17, 15) is 5.11 Å². The van der Waals surface area contributed by atoms with Crippen molar-refractivity contribution in [2.45, 2.75) is 32.4 Å². The van der Waals surface area contributed by atoms with Gasteiger partial charge in [0.25, 0.3) is 0 Å². The van der Waals surface area contributed by atoms with Crippen LogP contribution in [-0.2, 0) is 6.54 Å². The van der Waals surface area contributed by atoms with Gasteiger partial charge in [-0.2, -0.15) is 0 Å². The third kappa shape index (κ3) is 2.90. The molecule has 0 aromatic heterocycles. The number of rotatable bonds is 3. The molecule has 2 unspecified atom stereocenters. The Balaban J connectivity index is 1.71. The number of aliphatic hydroxyl groups is 1. The molecule has 0 saturated carbocycles. The summed E-state index contributed by atoms with van der Waals surface area (Å²) in [6.07, 6.45) is 9.50. The number of allylic oxidation sites excluding steroid dienone is 3. The zero-order chi connectivity index (χ0) is 15.6. The highest BCUT2D eigenvalue weighted by molar-refractivity contribution is 5.18. The first-order chi connectivity index (χ1) is 10.6. The van der Waals surface area contributed by atoms with Gasteiger partial charge in [0.05, 0.1) is 5.60 Å². The summed E-state index contributed by atoms with van der Waals surface area (Å²) >= 11 is 0. The van der Waals surface area contributed by atoms with E-state index in [0.717, 1.165) is 26.1 Å². The van der Waals surface area contributed by atoms with Crippen molar-refractivity contribution in [3.63, 3.8) is 0 Å². The zero-order valence-electron chi connectivity index (χ0n) is 13.7. The smallest absolute Gasteiger partial charge is 0.0788 e. The average molecular weight is 297 g/mol. The van der Waals surface area contributed by atoms with Gasteiger partial charge in [-0.05, 0) is 23.8 Å². The fourth-order valence-corrected chi connectivity index (χ4v) is 4.25. The van der Waals surface area contributed by atoms with Crippen molar-refractivity contribution in [1.82, 2.24) is 4.90 Å². The van der Waals surface area contributed by atoms with Crippen LogP contribution in [0.4, 0.5) is 0 Å². The minimum atomic E-state index is -0.589. The van der Waals surface area contributed by atoms with Crippen LogP contribution < -0.4 is 0 Å². The van der Waals surface area contributed by atoms with E-state index in [1.165, 1.54) is 5.56 Å². The first kappa shape index (κ1) is 15.5. The predicted molar refractivity (Wildman–Crippen MR) is 91.4 cm³/mol. The van der Waals surface area contributed by atoms with Gasteiger partial charge >= 0.3 is 0 Å². The van der Waals surface area contributed by atoms with Crippen LogP contribution in [-0.4, -0.2) is 28.7 Å². The highest BCUT2D eigenvalue weighted by Gasteiger charge is 2.48. The van der Waals surface area contributed by atoms with Crippen molar-refractivity contribution < 1.29 is 5.11 Å². The lowest BCUT2D eigenvalue weighted by molar-refractivity contribution is -0.133. The molecule has 1 aliphatic carbocycles. The molecule has 0 radical (unpaired) electrons. The summed E-state index contributed by atoms with van der Waals surface area (Å²) in [7, 11) is 0. The number of nitrogens with zero attached hydrogens (tertiary/aromatic N) is 1. The Kier molecular flexibility index (Phi) is 4.51. The first-order valence-electron chi connectivity index (χ1n) is 8.42. The Hall–Kier alpha value is -1.38. The lowest BCUT2D eigenvalue weighted by Gasteiger charge is -2.51. The number of benzene rings is 1. The quantitative estimate of drug-likeness (QED) is 0.921. The van der Waals surface area contributed by atoms with E-state index in [2.05, 4.69) is 73.4 Å². The monoisotopic (exact) mass is 297 g/mol. The van der Waals surface area contributed by atoms with E-state index < -0.39 is 5.60 Å². The van der Waals surface area contributed by atoms with Crippen LogP contribution >= 0.6 is 0 Å². The second-order valence-electron chi connectivity index (χ2n) is 7.02. The van der Waals surface area contributed by atoms with Gasteiger partial charge < -0.3 is 5.11 Å². The van der Waals surface area contributed by atoms with Crippen molar-refractivity contribution in [3.8, 4) is 0 Å². The molecule has 1 aliphatic heterocycles. The van der Waals surface area contributed by atoms with E-state index >= 15 is 0 Å². The maximum absolute atomic E-state index is 11.4. The number of hydrogen-bond donors (Lipinski definition) is 1. The molecule has 3 rings (SSSR count). The van der Waals surface area contributed by atoms with Crippen LogP contribution in [0, 0.1) is 17.8 Å². The third-order valence-corrected chi connectivity index (χ3v) is 5.47. The van der Waals surface area contributed by atoms with Gasteiger partial charge in [0, 0.05) is 25.6 Å². The fraction of sp³-hybridized carbons (Fsp3) is 0.500. The Labute approximate surface area is 134 Å². The molecule has 1 saturated heterocycles. The van der Waals surface area contributed by atoms with Crippen LogP contribution in [0.25, 0.3) is 0 Å². The highest BCUT2D eigenvalue weighted by atomic mass is 16.3. The molecule has 1 aromatic carbocycles. The van der Waals surface area contributed by atoms with E-state index in [4.69, 9.17) is 0 Å². The molecule has 4 atom stereocenters. The third-order valence-electron chi connectivity index (χ3n) is 5.47. The number of hydrogen-bond acceptors (Lipinski definition) is 2. The summed E-state index contributed by atoms with van der Waals surface area (Å²) in [5.74, 6) is 0.809. The number of piperidine rings is 1. The molecule has 1 aromatic rings. The second kappa shape index (κ2) is 6.39. The lowest BCUT2D eigenvalue weighted by Crippen LogP contribution is -2.59. The minimum absolute atomic E-state index is 0.251. The Bertz CT molecular complexity index is 536. The van der Waals surface area contributed by atoms with E-state index in [-0.39, 0.29) is 17.8 Å². The molecule has 1 heterocycles. The van der Waals surface area contributed by atoms with Gasteiger partial charge in [0.2, 0.25) is 0 Å². The van der Waals surface area contributed by atoms with Gasteiger partial charge in [0.15, 0.2) is 0 Å². The molecule has 118 valence electrons. The second-order valence-corrected chi connectivity index (χ2v) is 7.02. The Morgan fingerprint density at radius 3 is 2.36 bits per heavy atom. The van der Waals surface area contributed by atoms with Crippen LogP contribution in [0.1, 0.15) is 25.8 Å². The van der Waals surface area contributed by atoms with Gasteiger partial charge in [-0.25, -0.2) is 0 Å². The molecule has 2 heteroatoms. The van der Waals surface area contributed by atoms with Crippen molar-refractivity contribution in [1.29, 1.82) is 0 Å². The minimum Gasteiger partial charge on any atom is -0.389 e. The maximum atomic E-state index is 11.4. The van der Waals surface area contributed by atoms with Crippen LogP contribution in [0.15, 0.2) is 54.6 Å². The summed E-state index contributed by atoms with van der Waals surface area (Å²) < 4.78 is 0. The molecular weight excluding hydrogens is 270 g/mol. The summed E-state index contributed by atoms with van der Waals surface area (Å²) in [6, 6.07) is 10.6. The standard InChI is InChI=1S/C20H27NO/c1-16-13-21(15-18-9-5-3-6-10-18)14-17(2)20(16,22)19-11-7-4-8-12-19/h3-11,16-17,19,22H,12-15H2,1-2H3/t16-,17+,19?,20?. The SMILES string of the molecule is C[C@@H]1CN(Cc2ccccc2)C[C@H](C)C1(O)C1C=CC=CC1. The average Bonchev–Trinajstić information content (AvgIpc) is 2.54. The molecule has 0 amide bonds. The number of likely N-dealkylation sites (tertiary alicyclic amines) is 1. The topological polar surface area (TPSA) is 23.5 Å². The van der Waals surface area contributed by atoms with Crippen molar-refractivity contribution in [2.24, 2.45) is 17.8 Å². The molecule has 1 N–H and O–H groups in total. The van der Waals surface area contributed by atoms with E-state index in [1.807, 2.05) is 0 Å². The van der Waals surface area contributed by atoms with Crippen LogP contribution in [0.5, 0.6) is 0 Å². The lowest BCUT2D eigenvalue weighted by atomic mass is 9.66. The zero-order valence-corrected chi connectivity index (χ0v) is 13.7. The van der Waals surface area contributed by atoms with Crippen LogP contribution in [0.3, 0.4) is 0 Å². The molecule has 1 fully saturated rings.